The first-order chi connectivity index (χ1) is 8.97. The summed E-state index contributed by atoms with van der Waals surface area (Å²) in [6.45, 7) is 5.17. The summed E-state index contributed by atoms with van der Waals surface area (Å²) in [5.74, 6) is 0.0765. The molecule has 1 aliphatic rings. The summed E-state index contributed by atoms with van der Waals surface area (Å²) in [5, 5.41) is 14.9. The first-order valence-corrected chi connectivity index (χ1v) is 7.20. The molecule has 104 valence electrons. The molecule has 6 nitrogen and oxygen atoms in total. The molecule has 1 aliphatic carbocycles. The molecule has 2 rings (SSSR count). The number of rotatable bonds is 5. The Bertz CT molecular complexity index is 482. The first kappa shape index (κ1) is 13.9. The highest BCUT2D eigenvalue weighted by Gasteiger charge is 2.29. The Morgan fingerprint density at radius 1 is 1.32 bits per heavy atom. The maximum Gasteiger partial charge on any atom is 0.249 e. The van der Waals surface area contributed by atoms with E-state index in [4.69, 9.17) is 0 Å². The molecule has 1 aromatic rings. The summed E-state index contributed by atoms with van der Waals surface area (Å²) in [6, 6.07) is -0.550. The van der Waals surface area contributed by atoms with E-state index in [9.17, 15) is 9.59 Å². The monoisotopic (exact) mass is 282 g/mol. The summed E-state index contributed by atoms with van der Waals surface area (Å²) in [4.78, 5) is 23.2. The largest absolute Gasteiger partial charge is 0.344 e. The maximum atomic E-state index is 12.1. The highest BCUT2D eigenvalue weighted by molar-refractivity contribution is 7.15. The van der Waals surface area contributed by atoms with Crippen molar-refractivity contribution in [3.05, 3.63) is 5.01 Å². The minimum absolute atomic E-state index is 0.0136. The minimum Gasteiger partial charge on any atom is -0.344 e. The lowest BCUT2D eigenvalue weighted by molar-refractivity contribution is -0.126. The molecule has 1 fully saturated rings. The zero-order valence-electron chi connectivity index (χ0n) is 11.3. The van der Waals surface area contributed by atoms with Gasteiger partial charge in [-0.2, -0.15) is 0 Å². The van der Waals surface area contributed by atoms with Gasteiger partial charge in [-0.05, 0) is 18.8 Å². The van der Waals surface area contributed by atoms with Crippen molar-refractivity contribution in [2.24, 2.45) is 5.92 Å². The molecule has 1 unspecified atom stereocenters. The highest BCUT2D eigenvalue weighted by Crippen LogP contribution is 2.42. The van der Waals surface area contributed by atoms with Gasteiger partial charge in [0, 0.05) is 12.8 Å². The van der Waals surface area contributed by atoms with Crippen LogP contribution >= 0.6 is 11.3 Å². The fourth-order valence-corrected chi connectivity index (χ4v) is 2.63. The Labute approximate surface area is 116 Å². The van der Waals surface area contributed by atoms with Crippen LogP contribution in [-0.4, -0.2) is 28.1 Å². The van der Waals surface area contributed by atoms with Gasteiger partial charge in [-0.15, -0.1) is 10.2 Å². The van der Waals surface area contributed by atoms with E-state index in [1.54, 1.807) is 0 Å². The third-order valence-electron chi connectivity index (χ3n) is 2.91. The second kappa shape index (κ2) is 5.64. The van der Waals surface area contributed by atoms with Gasteiger partial charge >= 0.3 is 0 Å². The third kappa shape index (κ3) is 3.73. The normalized spacial score (nSPS) is 16.2. The van der Waals surface area contributed by atoms with E-state index >= 15 is 0 Å². The van der Waals surface area contributed by atoms with E-state index in [2.05, 4.69) is 20.8 Å². The molecule has 0 bridgehead atoms. The smallest absolute Gasteiger partial charge is 0.249 e. The Kier molecular flexibility index (Phi) is 4.14. The topological polar surface area (TPSA) is 84.0 Å². The molecule has 1 aromatic heterocycles. The van der Waals surface area contributed by atoms with Gasteiger partial charge < -0.3 is 5.32 Å². The second-order valence-electron chi connectivity index (χ2n) is 5.13. The quantitative estimate of drug-likeness (QED) is 0.857. The molecule has 2 N–H and O–H groups in total. The number of aromatic nitrogens is 2. The van der Waals surface area contributed by atoms with Crippen LogP contribution in [0.1, 0.15) is 44.5 Å². The number of hydrogen-bond donors (Lipinski definition) is 2. The van der Waals surface area contributed by atoms with Crippen molar-refractivity contribution in [3.8, 4) is 0 Å². The number of hydrogen-bond acceptors (Lipinski definition) is 5. The summed E-state index contributed by atoms with van der Waals surface area (Å²) in [7, 11) is 0. The third-order valence-corrected chi connectivity index (χ3v) is 3.91. The fraction of sp³-hybridized carbons (Fsp3) is 0.667. The lowest BCUT2D eigenvalue weighted by Crippen LogP contribution is -2.46. The Hall–Kier alpha value is -1.50. The van der Waals surface area contributed by atoms with E-state index in [-0.39, 0.29) is 17.7 Å². The van der Waals surface area contributed by atoms with Gasteiger partial charge in [-0.25, -0.2) is 0 Å². The molecular formula is C12H18N4O2S. The van der Waals surface area contributed by atoms with Crippen molar-refractivity contribution >= 4 is 28.3 Å². The molecule has 2 amide bonds. The van der Waals surface area contributed by atoms with Crippen LogP contribution < -0.4 is 10.6 Å². The standard InChI is InChI=1S/C12H18N4O2S/c1-6(2)9(13-7(3)17)10(18)14-12-16-15-11(19-12)8-4-5-8/h6,8-9H,4-5H2,1-3H3,(H,13,17)(H,14,16,18). The average molecular weight is 282 g/mol. The number of amides is 2. The Morgan fingerprint density at radius 3 is 2.53 bits per heavy atom. The van der Waals surface area contributed by atoms with Gasteiger partial charge in [-0.3, -0.25) is 14.9 Å². The van der Waals surface area contributed by atoms with Crippen molar-refractivity contribution < 1.29 is 9.59 Å². The van der Waals surface area contributed by atoms with Crippen LogP contribution in [0.5, 0.6) is 0 Å². The molecule has 1 saturated carbocycles. The Balaban J connectivity index is 1.98. The number of carbonyl (C=O) groups is 2. The van der Waals surface area contributed by atoms with E-state index in [0.717, 1.165) is 17.8 Å². The maximum absolute atomic E-state index is 12.1. The van der Waals surface area contributed by atoms with E-state index in [1.807, 2.05) is 13.8 Å². The summed E-state index contributed by atoms with van der Waals surface area (Å²) in [6.07, 6.45) is 2.31. The predicted octanol–water partition coefficient (Wildman–Crippen LogP) is 1.51. The molecule has 7 heteroatoms. The van der Waals surface area contributed by atoms with Crippen LogP contribution in [-0.2, 0) is 9.59 Å². The second-order valence-corrected chi connectivity index (χ2v) is 6.14. The molecule has 0 saturated heterocycles. The zero-order valence-corrected chi connectivity index (χ0v) is 12.1. The SMILES string of the molecule is CC(=O)NC(C(=O)Nc1nnc(C2CC2)s1)C(C)C. The van der Waals surface area contributed by atoms with Crippen LogP contribution in [0.4, 0.5) is 5.13 Å². The van der Waals surface area contributed by atoms with Crippen molar-refractivity contribution in [2.75, 3.05) is 5.32 Å². The molecule has 1 heterocycles. The van der Waals surface area contributed by atoms with Gasteiger partial charge in [0.1, 0.15) is 11.0 Å². The molecule has 0 aliphatic heterocycles. The van der Waals surface area contributed by atoms with E-state index in [0.29, 0.717) is 11.0 Å². The van der Waals surface area contributed by atoms with E-state index < -0.39 is 6.04 Å². The molecule has 19 heavy (non-hydrogen) atoms. The number of anilines is 1. The molecular weight excluding hydrogens is 264 g/mol. The summed E-state index contributed by atoms with van der Waals surface area (Å²) < 4.78 is 0. The van der Waals surface area contributed by atoms with Gasteiger partial charge in [0.15, 0.2) is 0 Å². The Morgan fingerprint density at radius 2 is 2.00 bits per heavy atom. The summed E-state index contributed by atoms with van der Waals surface area (Å²) in [5.41, 5.74) is 0. The predicted molar refractivity (Wildman–Crippen MR) is 73.0 cm³/mol. The zero-order chi connectivity index (χ0) is 14.0. The van der Waals surface area contributed by atoms with Gasteiger partial charge in [0.05, 0.1) is 0 Å². The van der Waals surface area contributed by atoms with Gasteiger partial charge in [0.2, 0.25) is 16.9 Å². The van der Waals surface area contributed by atoms with Crippen molar-refractivity contribution in [3.63, 3.8) is 0 Å². The lowest BCUT2D eigenvalue weighted by Gasteiger charge is -2.19. The number of nitrogens with one attached hydrogen (secondary N) is 2. The molecule has 1 atom stereocenters. The van der Waals surface area contributed by atoms with Crippen LogP contribution in [0.2, 0.25) is 0 Å². The van der Waals surface area contributed by atoms with Crippen LogP contribution in [0.15, 0.2) is 0 Å². The molecule has 0 aromatic carbocycles. The first-order valence-electron chi connectivity index (χ1n) is 6.38. The van der Waals surface area contributed by atoms with Crippen molar-refractivity contribution in [1.29, 1.82) is 0 Å². The lowest BCUT2D eigenvalue weighted by atomic mass is 10.0. The molecule has 0 spiro atoms. The van der Waals surface area contributed by atoms with Crippen LogP contribution in [0, 0.1) is 5.92 Å². The van der Waals surface area contributed by atoms with Crippen molar-refractivity contribution in [2.45, 2.75) is 45.6 Å². The van der Waals surface area contributed by atoms with Gasteiger partial charge in [-0.1, -0.05) is 25.2 Å². The van der Waals surface area contributed by atoms with Crippen molar-refractivity contribution in [1.82, 2.24) is 15.5 Å². The molecule has 0 radical (unpaired) electrons. The van der Waals surface area contributed by atoms with Crippen LogP contribution in [0.3, 0.4) is 0 Å². The highest BCUT2D eigenvalue weighted by atomic mass is 32.1. The summed E-state index contributed by atoms with van der Waals surface area (Å²) >= 11 is 1.41. The van der Waals surface area contributed by atoms with Gasteiger partial charge in [0.25, 0.3) is 0 Å². The fourth-order valence-electron chi connectivity index (χ4n) is 1.72. The average Bonchev–Trinajstić information content (AvgIpc) is 3.07. The van der Waals surface area contributed by atoms with E-state index in [1.165, 1.54) is 18.3 Å². The van der Waals surface area contributed by atoms with Crippen LogP contribution in [0.25, 0.3) is 0 Å². The number of carbonyl (C=O) groups excluding carboxylic acids is 2. The minimum atomic E-state index is -0.550. The number of nitrogens with zero attached hydrogens (tertiary/aromatic N) is 2.